The van der Waals surface area contributed by atoms with Crippen LogP contribution in [-0.4, -0.2) is 52.9 Å². The van der Waals surface area contributed by atoms with E-state index in [1.54, 1.807) is 0 Å². The van der Waals surface area contributed by atoms with Gasteiger partial charge in [-0.3, -0.25) is 14.5 Å². The molecule has 2 aliphatic carbocycles. The fraction of sp³-hybridized carbons (Fsp3) is 0.450. The second-order valence-corrected chi connectivity index (χ2v) is 13.3. The number of nitrogens with zero attached hydrogens (tertiary/aromatic N) is 1. The van der Waals surface area contributed by atoms with Gasteiger partial charge < -0.3 is 21.2 Å². The Morgan fingerprint density at radius 3 is 2.02 bits per heavy atom. The van der Waals surface area contributed by atoms with Crippen LogP contribution in [-0.2, 0) is 0 Å². The number of unbranched alkanes of at least 4 members (excludes halogenated alkanes) is 2. The van der Waals surface area contributed by atoms with Crippen LogP contribution in [0.1, 0.15) is 99.8 Å². The van der Waals surface area contributed by atoms with Crippen LogP contribution in [0, 0.1) is 28.6 Å². The highest BCUT2D eigenvalue weighted by molar-refractivity contribution is 6.27. The lowest BCUT2D eigenvalue weighted by Crippen LogP contribution is -2.40. The lowest BCUT2D eigenvalue weighted by atomic mass is 9.89. The number of aliphatic hydroxyl groups is 1. The maximum absolute atomic E-state index is 13.4. The molecule has 7 nitrogen and oxygen atoms in total. The highest BCUT2D eigenvalue weighted by Crippen LogP contribution is 2.53. The first-order valence-corrected chi connectivity index (χ1v) is 17.4. The molecule has 248 valence electrons. The Labute approximate surface area is 279 Å². The minimum Gasteiger partial charge on any atom is -0.396 e. The molecule has 1 saturated carbocycles. The minimum atomic E-state index is -0.186. The standard InChI is InChI=1S/C26H28N2O2.C14H22N2O/c1-3-5-14-27-23-13-12-20-24-21(23)16-19(18-10-8-7-9-11-18)17-22(24)26(30)28(25(20)29)15-6-4-2;1-8(15)10-3-5-12-13(14(12)7-17)6-4-11(10)9(2)16/h7-13,16-17,27H,3-6,14-15H2,1-2H3;12-17H,3-7H2,1-2H3/b;11-10-,15-8?,16-9?. The van der Waals surface area contributed by atoms with E-state index >= 15 is 0 Å². The van der Waals surface area contributed by atoms with E-state index in [9.17, 15) is 14.7 Å². The molecule has 2 amide bonds. The van der Waals surface area contributed by atoms with Gasteiger partial charge in [-0.25, -0.2) is 0 Å². The van der Waals surface area contributed by atoms with Gasteiger partial charge in [0.1, 0.15) is 0 Å². The van der Waals surface area contributed by atoms with Crippen molar-refractivity contribution in [3.05, 3.63) is 76.9 Å². The van der Waals surface area contributed by atoms with E-state index in [1.165, 1.54) is 4.90 Å². The number of imide groups is 1. The smallest absolute Gasteiger partial charge is 0.261 e. The first-order valence-electron chi connectivity index (χ1n) is 17.4. The minimum absolute atomic E-state index is 0.182. The van der Waals surface area contributed by atoms with Gasteiger partial charge in [-0.1, -0.05) is 57.0 Å². The third-order valence-corrected chi connectivity index (χ3v) is 10.2. The SMILES string of the molecule is CC(=N)/C1=C(\C(C)=N)CCC2C(CO)C2CC1.CCCCNc1ccc2c3c(cc(-c4ccccc4)cc13)C(=O)N(CCCC)C2=O. The molecule has 6 rings (SSSR count). The average molecular weight is 635 g/mol. The zero-order valence-corrected chi connectivity index (χ0v) is 28.4. The molecular formula is C40H50N4O3. The largest absolute Gasteiger partial charge is 0.396 e. The summed E-state index contributed by atoms with van der Waals surface area (Å²) < 4.78 is 0. The highest BCUT2D eigenvalue weighted by Gasteiger charge is 2.49. The van der Waals surface area contributed by atoms with Crippen molar-refractivity contribution < 1.29 is 14.7 Å². The van der Waals surface area contributed by atoms with Crippen molar-refractivity contribution in [2.75, 3.05) is 25.0 Å². The number of hydrogen-bond acceptors (Lipinski definition) is 6. The Morgan fingerprint density at radius 2 is 1.45 bits per heavy atom. The molecule has 0 bridgehead atoms. The maximum atomic E-state index is 13.4. The summed E-state index contributed by atoms with van der Waals surface area (Å²) in [6.45, 7) is 9.51. The molecule has 3 aliphatic rings. The zero-order valence-electron chi connectivity index (χ0n) is 28.4. The molecule has 0 aromatic heterocycles. The molecule has 4 N–H and O–H groups in total. The Hall–Kier alpha value is -4.10. The molecule has 47 heavy (non-hydrogen) atoms. The molecule has 2 unspecified atom stereocenters. The molecule has 3 aromatic carbocycles. The second-order valence-electron chi connectivity index (χ2n) is 13.3. The third-order valence-electron chi connectivity index (χ3n) is 10.2. The summed E-state index contributed by atoms with van der Waals surface area (Å²) >= 11 is 0. The molecular weight excluding hydrogens is 584 g/mol. The van der Waals surface area contributed by atoms with Crippen LogP contribution in [0.4, 0.5) is 5.69 Å². The quantitative estimate of drug-likeness (QED) is 0.0957. The molecule has 0 saturated heterocycles. The van der Waals surface area contributed by atoms with Crippen LogP contribution < -0.4 is 5.32 Å². The molecule has 2 atom stereocenters. The third kappa shape index (κ3) is 7.25. The number of nitrogens with one attached hydrogen (secondary N) is 3. The molecule has 1 fully saturated rings. The molecule has 3 aromatic rings. The normalized spacial score (nSPS) is 21.7. The highest BCUT2D eigenvalue weighted by atomic mass is 16.3. The first-order chi connectivity index (χ1) is 22.7. The van der Waals surface area contributed by atoms with E-state index in [0.717, 1.165) is 96.6 Å². The Bertz CT molecular complexity index is 1660. The predicted molar refractivity (Wildman–Crippen MR) is 193 cm³/mol. The van der Waals surface area contributed by atoms with E-state index < -0.39 is 0 Å². The van der Waals surface area contributed by atoms with Gasteiger partial charge >= 0.3 is 0 Å². The summed E-state index contributed by atoms with van der Waals surface area (Å²) in [5.74, 6) is 1.46. The Kier molecular flexibility index (Phi) is 11.1. The fourth-order valence-corrected chi connectivity index (χ4v) is 7.49. The molecule has 0 spiro atoms. The van der Waals surface area contributed by atoms with E-state index in [4.69, 9.17) is 10.8 Å². The van der Waals surface area contributed by atoms with Gasteiger partial charge in [-0.05, 0) is 117 Å². The lowest BCUT2D eigenvalue weighted by molar-refractivity contribution is 0.0608. The number of carbonyl (C=O) groups excluding carboxylic acids is 2. The van der Waals surface area contributed by atoms with Crippen molar-refractivity contribution in [3.63, 3.8) is 0 Å². The van der Waals surface area contributed by atoms with Crippen LogP contribution in [0.25, 0.3) is 21.9 Å². The Balaban J connectivity index is 0.000000216. The van der Waals surface area contributed by atoms with Crippen LogP contribution in [0.3, 0.4) is 0 Å². The van der Waals surface area contributed by atoms with Crippen LogP contribution >= 0.6 is 0 Å². The summed E-state index contributed by atoms with van der Waals surface area (Å²) in [6.07, 6.45) is 7.91. The van der Waals surface area contributed by atoms with E-state index in [-0.39, 0.29) is 11.8 Å². The van der Waals surface area contributed by atoms with Gasteiger partial charge in [0.2, 0.25) is 0 Å². The van der Waals surface area contributed by atoms with Crippen molar-refractivity contribution in [1.29, 1.82) is 10.8 Å². The predicted octanol–water partition coefficient (Wildman–Crippen LogP) is 8.91. The Morgan fingerprint density at radius 1 is 0.830 bits per heavy atom. The summed E-state index contributed by atoms with van der Waals surface area (Å²) in [6, 6.07) is 18.0. The van der Waals surface area contributed by atoms with Crippen molar-refractivity contribution >= 4 is 39.7 Å². The summed E-state index contributed by atoms with van der Waals surface area (Å²) in [7, 11) is 0. The van der Waals surface area contributed by atoms with Gasteiger partial charge in [-0.15, -0.1) is 0 Å². The van der Waals surface area contributed by atoms with Gasteiger partial charge in [-0.2, -0.15) is 0 Å². The van der Waals surface area contributed by atoms with Crippen LogP contribution in [0.5, 0.6) is 0 Å². The molecule has 1 heterocycles. The fourth-order valence-electron chi connectivity index (χ4n) is 7.49. The number of anilines is 1. The summed E-state index contributed by atoms with van der Waals surface area (Å²) in [5.41, 5.74) is 7.67. The van der Waals surface area contributed by atoms with Crippen LogP contribution in [0.2, 0.25) is 0 Å². The molecule has 1 aliphatic heterocycles. The van der Waals surface area contributed by atoms with Gasteiger partial charge in [0, 0.05) is 58.7 Å². The molecule has 7 heteroatoms. The van der Waals surface area contributed by atoms with Gasteiger partial charge in [0.05, 0.1) is 0 Å². The van der Waals surface area contributed by atoms with E-state index in [1.807, 2.05) is 50.2 Å². The summed E-state index contributed by atoms with van der Waals surface area (Å²) in [5, 5.41) is 30.2. The van der Waals surface area contributed by atoms with Crippen LogP contribution in [0.15, 0.2) is 65.7 Å². The zero-order chi connectivity index (χ0) is 33.7. The number of carbonyl (C=O) groups is 2. The number of amides is 2. The number of benzene rings is 3. The molecule has 0 radical (unpaired) electrons. The lowest BCUT2D eigenvalue weighted by Gasteiger charge is -2.28. The maximum Gasteiger partial charge on any atom is 0.261 e. The number of rotatable bonds is 11. The average Bonchev–Trinajstić information content (AvgIpc) is 3.73. The first kappa shape index (κ1) is 34.2. The number of aliphatic hydroxyl groups excluding tert-OH is 1. The van der Waals surface area contributed by atoms with Crippen molar-refractivity contribution in [2.45, 2.75) is 79.1 Å². The summed E-state index contributed by atoms with van der Waals surface area (Å²) in [4.78, 5) is 27.9. The van der Waals surface area contributed by atoms with E-state index in [2.05, 4.69) is 37.4 Å². The van der Waals surface area contributed by atoms with Crippen molar-refractivity contribution in [2.24, 2.45) is 17.8 Å². The van der Waals surface area contributed by atoms with E-state index in [0.29, 0.717) is 53.5 Å². The number of fused-ring (bicyclic) bond motifs is 1. The number of hydrogen-bond donors (Lipinski definition) is 4. The van der Waals surface area contributed by atoms with Gasteiger partial charge in [0.15, 0.2) is 0 Å². The van der Waals surface area contributed by atoms with Crippen molar-refractivity contribution in [1.82, 2.24) is 4.90 Å². The monoisotopic (exact) mass is 634 g/mol. The van der Waals surface area contributed by atoms with Gasteiger partial charge in [0.25, 0.3) is 11.8 Å². The topological polar surface area (TPSA) is 117 Å². The second kappa shape index (κ2) is 15.2. The van der Waals surface area contributed by atoms with Crippen molar-refractivity contribution in [3.8, 4) is 11.1 Å². The number of allylic oxidation sites excluding steroid dienone is 2.